The van der Waals surface area contributed by atoms with E-state index in [-0.39, 0.29) is 5.56 Å². The fourth-order valence-corrected chi connectivity index (χ4v) is 3.55. The number of H-pyrrole nitrogens is 1. The SMILES string of the molecule is CCc1cc2ncc(CN3CC(=Cc4ccc(C(O)NC)nc4)C3)cc2[nH]c1=O. The summed E-state index contributed by atoms with van der Waals surface area (Å²) in [7, 11) is 1.69. The van der Waals surface area contributed by atoms with E-state index < -0.39 is 6.23 Å². The van der Waals surface area contributed by atoms with E-state index in [0.29, 0.717) is 12.1 Å². The molecule has 0 radical (unpaired) electrons. The van der Waals surface area contributed by atoms with Gasteiger partial charge in [0.25, 0.3) is 5.56 Å². The topological polar surface area (TPSA) is 94.1 Å². The third kappa shape index (κ3) is 4.27. The average Bonchev–Trinajstić information content (AvgIpc) is 2.71. The lowest BCUT2D eigenvalue weighted by atomic mass is 10.0. The molecule has 3 aromatic rings. The molecule has 7 nitrogen and oxygen atoms in total. The maximum atomic E-state index is 12.0. The molecule has 0 aliphatic carbocycles. The van der Waals surface area contributed by atoms with Crippen LogP contribution in [0.1, 0.15) is 35.5 Å². The standard InChI is InChI=1S/C22H25N5O2/c1-3-17-8-19-20(26-21(17)28)7-15(10-25-19)11-27-12-16(13-27)6-14-4-5-18(24-9-14)22(29)23-2/h4-10,22-23,29H,3,11-13H2,1-2H3,(H,26,28). The lowest BCUT2D eigenvalue weighted by Crippen LogP contribution is -2.39. The molecule has 29 heavy (non-hydrogen) atoms. The number of aromatic amines is 1. The molecule has 1 saturated heterocycles. The van der Waals surface area contributed by atoms with Crippen LogP contribution in [0.2, 0.25) is 0 Å². The van der Waals surface area contributed by atoms with Crippen LogP contribution < -0.4 is 10.9 Å². The predicted octanol–water partition coefficient (Wildman–Crippen LogP) is 1.99. The van der Waals surface area contributed by atoms with Crippen molar-refractivity contribution in [2.24, 2.45) is 0 Å². The Morgan fingerprint density at radius 1 is 1.28 bits per heavy atom. The second kappa shape index (κ2) is 8.24. The van der Waals surface area contributed by atoms with Crippen LogP contribution in [0, 0.1) is 0 Å². The maximum absolute atomic E-state index is 12.0. The van der Waals surface area contributed by atoms with E-state index in [1.54, 1.807) is 13.2 Å². The van der Waals surface area contributed by atoms with E-state index in [2.05, 4.69) is 31.2 Å². The zero-order chi connectivity index (χ0) is 20.4. The summed E-state index contributed by atoms with van der Waals surface area (Å²) in [5.74, 6) is 0. The molecule has 1 aliphatic heterocycles. The fraction of sp³-hybridized carbons (Fsp3) is 0.318. The van der Waals surface area contributed by atoms with Gasteiger partial charge in [0.2, 0.25) is 0 Å². The molecule has 1 aliphatic rings. The molecular weight excluding hydrogens is 366 g/mol. The van der Waals surface area contributed by atoms with E-state index in [0.717, 1.165) is 47.4 Å². The van der Waals surface area contributed by atoms with Crippen molar-refractivity contribution in [2.45, 2.75) is 26.1 Å². The molecule has 7 heteroatoms. The van der Waals surface area contributed by atoms with Crippen LogP contribution >= 0.6 is 0 Å². The minimum atomic E-state index is -0.741. The number of rotatable bonds is 6. The average molecular weight is 391 g/mol. The number of hydrogen-bond donors (Lipinski definition) is 3. The summed E-state index contributed by atoms with van der Waals surface area (Å²) in [6.07, 6.45) is 5.76. The van der Waals surface area contributed by atoms with Crippen molar-refractivity contribution in [3.63, 3.8) is 0 Å². The number of aliphatic hydroxyl groups excluding tert-OH is 1. The highest BCUT2D eigenvalue weighted by Gasteiger charge is 2.20. The van der Waals surface area contributed by atoms with Crippen LogP contribution in [0.3, 0.4) is 0 Å². The Morgan fingerprint density at radius 3 is 2.79 bits per heavy atom. The van der Waals surface area contributed by atoms with E-state index in [1.165, 1.54) is 5.57 Å². The fourth-order valence-electron chi connectivity index (χ4n) is 3.55. The number of nitrogens with zero attached hydrogens (tertiary/aromatic N) is 3. The molecule has 0 bridgehead atoms. The largest absolute Gasteiger partial charge is 0.373 e. The van der Waals surface area contributed by atoms with Gasteiger partial charge in [-0.2, -0.15) is 0 Å². The van der Waals surface area contributed by atoms with Crippen LogP contribution in [0.15, 0.2) is 47.0 Å². The van der Waals surface area contributed by atoms with Crippen molar-refractivity contribution in [1.82, 2.24) is 25.2 Å². The second-order valence-corrected chi connectivity index (χ2v) is 7.41. The molecule has 0 saturated carbocycles. The van der Waals surface area contributed by atoms with Crippen molar-refractivity contribution < 1.29 is 5.11 Å². The second-order valence-electron chi connectivity index (χ2n) is 7.41. The first-order chi connectivity index (χ1) is 14.1. The summed E-state index contributed by atoms with van der Waals surface area (Å²) >= 11 is 0. The molecule has 0 aromatic carbocycles. The number of aryl methyl sites for hydroxylation is 1. The highest BCUT2D eigenvalue weighted by Crippen LogP contribution is 2.21. The Morgan fingerprint density at radius 2 is 2.10 bits per heavy atom. The number of aliphatic hydroxyl groups is 1. The van der Waals surface area contributed by atoms with Crippen molar-refractivity contribution in [1.29, 1.82) is 0 Å². The Kier molecular flexibility index (Phi) is 5.53. The molecule has 1 unspecified atom stereocenters. The van der Waals surface area contributed by atoms with Gasteiger partial charge in [-0.3, -0.25) is 25.0 Å². The van der Waals surface area contributed by atoms with Crippen molar-refractivity contribution in [3.05, 3.63) is 75.0 Å². The van der Waals surface area contributed by atoms with E-state index in [9.17, 15) is 9.90 Å². The van der Waals surface area contributed by atoms with Crippen molar-refractivity contribution in [2.75, 3.05) is 20.1 Å². The summed E-state index contributed by atoms with van der Waals surface area (Å²) in [5.41, 5.74) is 6.41. The third-order valence-corrected chi connectivity index (χ3v) is 5.20. The Hall–Kier alpha value is -2.87. The van der Waals surface area contributed by atoms with Crippen LogP contribution in [0.25, 0.3) is 17.1 Å². The number of likely N-dealkylation sites (tertiary alicyclic amines) is 1. The van der Waals surface area contributed by atoms with Crippen molar-refractivity contribution >= 4 is 17.1 Å². The van der Waals surface area contributed by atoms with E-state index in [1.807, 2.05) is 37.4 Å². The molecule has 3 aromatic heterocycles. The van der Waals surface area contributed by atoms with Gasteiger partial charge in [0.05, 0.1) is 16.7 Å². The van der Waals surface area contributed by atoms with Gasteiger partial charge in [0.1, 0.15) is 6.23 Å². The molecule has 3 N–H and O–H groups in total. The van der Waals surface area contributed by atoms with Gasteiger partial charge in [-0.05, 0) is 48.4 Å². The third-order valence-electron chi connectivity index (χ3n) is 5.20. The van der Waals surface area contributed by atoms with Gasteiger partial charge >= 0.3 is 0 Å². The van der Waals surface area contributed by atoms with Crippen LogP contribution in [-0.4, -0.2) is 45.1 Å². The number of hydrogen-bond acceptors (Lipinski definition) is 6. The normalized spacial score (nSPS) is 15.3. The quantitative estimate of drug-likeness (QED) is 0.557. The minimum Gasteiger partial charge on any atom is -0.373 e. The van der Waals surface area contributed by atoms with Gasteiger partial charge in [-0.25, -0.2) is 0 Å². The summed E-state index contributed by atoms with van der Waals surface area (Å²) in [6, 6.07) is 7.68. The summed E-state index contributed by atoms with van der Waals surface area (Å²) < 4.78 is 0. The zero-order valence-corrected chi connectivity index (χ0v) is 16.6. The van der Waals surface area contributed by atoms with Gasteiger partial charge in [0, 0.05) is 37.6 Å². The number of fused-ring (bicyclic) bond motifs is 1. The smallest absolute Gasteiger partial charge is 0.251 e. The molecule has 4 rings (SSSR count). The maximum Gasteiger partial charge on any atom is 0.251 e. The van der Waals surface area contributed by atoms with Gasteiger partial charge in [-0.1, -0.05) is 19.1 Å². The molecule has 1 atom stereocenters. The molecule has 0 spiro atoms. The Bertz CT molecular complexity index is 1100. The minimum absolute atomic E-state index is 0.0324. The van der Waals surface area contributed by atoms with Crippen LogP contribution in [0.4, 0.5) is 0 Å². The van der Waals surface area contributed by atoms with Gasteiger partial charge in [-0.15, -0.1) is 0 Å². The Labute approximate surface area is 169 Å². The monoisotopic (exact) mass is 391 g/mol. The molecule has 1 fully saturated rings. The van der Waals surface area contributed by atoms with Crippen LogP contribution in [-0.2, 0) is 13.0 Å². The highest BCUT2D eigenvalue weighted by molar-refractivity contribution is 5.74. The number of aromatic nitrogens is 3. The van der Waals surface area contributed by atoms with Crippen molar-refractivity contribution in [3.8, 4) is 0 Å². The first-order valence-electron chi connectivity index (χ1n) is 9.79. The first kappa shape index (κ1) is 19.4. The molecule has 4 heterocycles. The molecule has 0 amide bonds. The van der Waals surface area contributed by atoms with E-state index >= 15 is 0 Å². The van der Waals surface area contributed by atoms with Crippen LogP contribution in [0.5, 0.6) is 0 Å². The molecular formula is C22H25N5O2. The summed E-state index contributed by atoms with van der Waals surface area (Å²) in [6.45, 7) is 4.55. The zero-order valence-electron chi connectivity index (χ0n) is 16.6. The molecule has 150 valence electrons. The lowest BCUT2D eigenvalue weighted by Gasteiger charge is -2.34. The number of pyridine rings is 3. The van der Waals surface area contributed by atoms with Gasteiger partial charge in [0.15, 0.2) is 0 Å². The highest BCUT2D eigenvalue weighted by atomic mass is 16.3. The summed E-state index contributed by atoms with van der Waals surface area (Å²) in [4.78, 5) is 26.1. The number of nitrogens with one attached hydrogen (secondary N) is 2. The van der Waals surface area contributed by atoms with E-state index in [4.69, 9.17) is 0 Å². The predicted molar refractivity (Wildman–Crippen MR) is 113 cm³/mol. The first-order valence-corrected chi connectivity index (χ1v) is 9.79. The van der Waals surface area contributed by atoms with Gasteiger partial charge < -0.3 is 10.1 Å². The summed E-state index contributed by atoms with van der Waals surface area (Å²) in [5, 5.41) is 12.5. The lowest BCUT2D eigenvalue weighted by molar-refractivity contribution is 0.144. The Balaban J connectivity index is 1.39.